The van der Waals surface area contributed by atoms with Gasteiger partial charge >= 0.3 is 0 Å². The number of anilines is 3. The van der Waals surface area contributed by atoms with E-state index >= 15 is 0 Å². The van der Waals surface area contributed by atoms with Gasteiger partial charge in [-0.3, -0.25) is 4.79 Å². The molecule has 0 radical (unpaired) electrons. The molecule has 1 amide bonds. The standard InChI is InChI=1S/C32H32N6O4/c1-19-18-38(11-12-41-19)22-7-10-28-27(13-22)36-32(42-28)26-17-35-30(34-15-20-3-8-23(40-2)9-4-20)25-16-33-29(14-24(25)26)37-31(39)21-5-6-21/h3-4,7-10,13-14,16-17,19,21H,5-6,11-12,15,18H2,1-2H3,(H,34,35)(H,33,37,39)/t19-/m0/s1. The highest BCUT2D eigenvalue weighted by Crippen LogP contribution is 2.36. The van der Waals surface area contributed by atoms with E-state index in [0.717, 1.165) is 64.8 Å². The van der Waals surface area contributed by atoms with Gasteiger partial charge in [0, 0.05) is 54.4 Å². The molecule has 10 nitrogen and oxygen atoms in total. The second-order valence-corrected chi connectivity index (χ2v) is 10.9. The number of pyridine rings is 2. The lowest BCUT2D eigenvalue weighted by atomic mass is 10.1. The highest BCUT2D eigenvalue weighted by Gasteiger charge is 2.30. The van der Waals surface area contributed by atoms with Crippen molar-refractivity contribution in [3.05, 3.63) is 66.5 Å². The number of hydrogen-bond donors (Lipinski definition) is 2. The highest BCUT2D eigenvalue weighted by atomic mass is 16.5. The van der Waals surface area contributed by atoms with Crippen LogP contribution in [0.15, 0.2) is 65.3 Å². The number of carbonyl (C=O) groups is 1. The highest BCUT2D eigenvalue weighted by molar-refractivity contribution is 6.03. The summed E-state index contributed by atoms with van der Waals surface area (Å²) in [6.45, 7) is 5.02. The Bertz CT molecular complexity index is 1770. The molecule has 4 heterocycles. The lowest BCUT2D eigenvalue weighted by Crippen LogP contribution is -2.41. The summed E-state index contributed by atoms with van der Waals surface area (Å²) in [5.41, 5.74) is 4.37. The van der Waals surface area contributed by atoms with E-state index in [1.807, 2.05) is 36.4 Å². The summed E-state index contributed by atoms with van der Waals surface area (Å²) in [5.74, 6) is 2.51. The van der Waals surface area contributed by atoms with Gasteiger partial charge in [-0.2, -0.15) is 0 Å². The molecule has 2 N–H and O–H groups in total. The molecule has 10 heteroatoms. The molecule has 3 aromatic heterocycles. The molecule has 2 aromatic carbocycles. The molecule has 0 bridgehead atoms. The van der Waals surface area contributed by atoms with Crippen LogP contribution in [0.3, 0.4) is 0 Å². The van der Waals surface area contributed by atoms with Gasteiger partial charge in [0.2, 0.25) is 11.8 Å². The van der Waals surface area contributed by atoms with E-state index in [1.165, 1.54) is 0 Å². The smallest absolute Gasteiger partial charge is 0.229 e. The number of morpholine rings is 1. The van der Waals surface area contributed by atoms with Gasteiger partial charge in [-0.05, 0) is 61.7 Å². The van der Waals surface area contributed by atoms with Gasteiger partial charge in [0.25, 0.3) is 0 Å². The number of methoxy groups -OCH3 is 1. The Labute approximate surface area is 243 Å². The SMILES string of the molecule is COc1ccc(CNc2ncc(-c3nc4cc(N5CCO[C@@H](C)C5)ccc4o3)c3cc(NC(=O)C4CC4)ncc23)cc1. The largest absolute Gasteiger partial charge is 0.497 e. The summed E-state index contributed by atoms with van der Waals surface area (Å²) in [7, 11) is 1.65. The van der Waals surface area contributed by atoms with Crippen LogP contribution in [0.25, 0.3) is 33.3 Å². The number of carbonyl (C=O) groups excluding carboxylic acids is 1. The molecule has 1 saturated heterocycles. The molecule has 2 aliphatic rings. The molecule has 5 aromatic rings. The lowest BCUT2D eigenvalue weighted by molar-refractivity contribution is -0.117. The summed E-state index contributed by atoms with van der Waals surface area (Å²) in [6, 6.07) is 15.8. The zero-order chi connectivity index (χ0) is 28.6. The number of nitrogens with one attached hydrogen (secondary N) is 2. The summed E-state index contributed by atoms with van der Waals surface area (Å²) >= 11 is 0. The third-order valence-electron chi connectivity index (χ3n) is 7.80. The van der Waals surface area contributed by atoms with Crippen molar-refractivity contribution in [3.8, 4) is 17.2 Å². The van der Waals surface area contributed by atoms with Crippen LogP contribution in [-0.2, 0) is 16.1 Å². The quantitative estimate of drug-likeness (QED) is 0.247. The van der Waals surface area contributed by atoms with Crippen molar-refractivity contribution in [2.75, 3.05) is 42.3 Å². The zero-order valence-electron chi connectivity index (χ0n) is 23.6. The first-order valence-corrected chi connectivity index (χ1v) is 14.3. The van der Waals surface area contributed by atoms with Crippen LogP contribution in [-0.4, -0.2) is 53.8 Å². The van der Waals surface area contributed by atoms with E-state index in [-0.39, 0.29) is 17.9 Å². The van der Waals surface area contributed by atoms with Crippen LogP contribution in [0.2, 0.25) is 0 Å². The van der Waals surface area contributed by atoms with Crippen molar-refractivity contribution < 1.29 is 18.7 Å². The van der Waals surface area contributed by atoms with E-state index in [0.29, 0.717) is 36.3 Å². The van der Waals surface area contributed by atoms with Crippen molar-refractivity contribution in [2.45, 2.75) is 32.4 Å². The molecule has 42 heavy (non-hydrogen) atoms. The Hall–Kier alpha value is -4.70. The van der Waals surface area contributed by atoms with E-state index in [4.69, 9.17) is 23.9 Å². The number of amides is 1. The van der Waals surface area contributed by atoms with Gasteiger partial charge in [-0.25, -0.2) is 15.0 Å². The maximum atomic E-state index is 12.5. The van der Waals surface area contributed by atoms with E-state index in [2.05, 4.69) is 39.6 Å². The number of benzene rings is 2. The Kier molecular flexibility index (Phi) is 6.83. The summed E-state index contributed by atoms with van der Waals surface area (Å²) in [6.07, 6.45) is 5.52. The van der Waals surface area contributed by atoms with Crippen LogP contribution in [0.4, 0.5) is 17.3 Å². The Balaban J connectivity index is 1.24. The average Bonchev–Trinajstić information content (AvgIpc) is 3.79. The van der Waals surface area contributed by atoms with Crippen LogP contribution in [0.1, 0.15) is 25.3 Å². The molecule has 0 spiro atoms. The number of nitrogens with zero attached hydrogens (tertiary/aromatic N) is 4. The minimum atomic E-state index is 0.00197. The Morgan fingerprint density at radius 3 is 2.71 bits per heavy atom. The molecule has 7 rings (SSSR count). The Morgan fingerprint density at radius 2 is 1.93 bits per heavy atom. The first-order chi connectivity index (χ1) is 20.5. The fraction of sp³-hybridized carbons (Fsp3) is 0.312. The summed E-state index contributed by atoms with van der Waals surface area (Å²) in [5, 5.41) is 8.04. The summed E-state index contributed by atoms with van der Waals surface area (Å²) < 4.78 is 17.2. The summed E-state index contributed by atoms with van der Waals surface area (Å²) in [4.78, 5) is 29.0. The van der Waals surface area contributed by atoms with Gasteiger partial charge in [0.15, 0.2) is 5.58 Å². The number of oxazole rings is 1. The van der Waals surface area contributed by atoms with Crippen molar-refractivity contribution in [2.24, 2.45) is 5.92 Å². The fourth-order valence-electron chi connectivity index (χ4n) is 5.30. The average molecular weight is 565 g/mol. The van der Waals surface area contributed by atoms with Gasteiger partial charge in [0.1, 0.15) is 22.9 Å². The molecule has 1 aliphatic carbocycles. The number of hydrogen-bond acceptors (Lipinski definition) is 9. The van der Waals surface area contributed by atoms with Crippen molar-refractivity contribution in [1.82, 2.24) is 15.0 Å². The minimum absolute atomic E-state index is 0.00197. The van der Waals surface area contributed by atoms with Crippen molar-refractivity contribution in [1.29, 1.82) is 0 Å². The van der Waals surface area contributed by atoms with E-state index in [9.17, 15) is 4.79 Å². The van der Waals surface area contributed by atoms with Crippen LogP contribution < -0.4 is 20.3 Å². The second kappa shape index (κ2) is 10.9. The third kappa shape index (κ3) is 5.33. The third-order valence-corrected chi connectivity index (χ3v) is 7.80. The predicted molar refractivity (Wildman–Crippen MR) is 162 cm³/mol. The molecule has 214 valence electrons. The fourth-order valence-corrected chi connectivity index (χ4v) is 5.30. The predicted octanol–water partition coefficient (Wildman–Crippen LogP) is 5.63. The Morgan fingerprint density at radius 1 is 1.07 bits per heavy atom. The van der Waals surface area contributed by atoms with Gasteiger partial charge < -0.3 is 29.4 Å². The van der Waals surface area contributed by atoms with E-state index < -0.39 is 0 Å². The number of ether oxygens (including phenoxy) is 2. The van der Waals surface area contributed by atoms with E-state index in [1.54, 1.807) is 19.5 Å². The minimum Gasteiger partial charge on any atom is -0.497 e. The second-order valence-electron chi connectivity index (χ2n) is 10.9. The molecular weight excluding hydrogens is 532 g/mol. The lowest BCUT2D eigenvalue weighted by Gasteiger charge is -2.32. The molecule has 1 saturated carbocycles. The first kappa shape index (κ1) is 26.2. The van der Waals surface area contributed by atoms with Crippen molar-refractivity contribution >= 4 is 45.1 Å². The van der Waals surface area contributed by atoms with Crippen LogP contribution in [0, 0.1) is 5.92 Å². The number of fused-ring (bicyclic) bond motifs is 2. The molecule has 0 unspecified atom stereocenters. The topological polar surface area (TPSA) is 115 Å². The maximum absolute atomic E-state index is 12.5. The molecule has 1 atom stereocenters. The molecule has 1 aliphatic heterocycles. The van der Waals surface area contributed by atoms with Gasteiger partial charge in [0.05, 0.1) is 25.4 Å². The van der Waals surface area contributed by atoms with Crippen LogP contribution >= 0.6 is 0 Å². The van der Waals surface area contributed by atoms with Gasteiger partial charge in [-0.1, -0.05) is 12.1 Å². The molecule has 2 fully saturated rings. The van der Waals surface area contributed by atoms with Gasteiger partial charge in [-0.15, -0.1) is 0 Å². The van der Waals surface area contributed by atoms with Crippen LogP contribution in [0.5, 0.6) is 5.75 Å². The first-order valence-electron chi connectivity index (χ1n) is 14.3. The number of rotatable bonds is 8. The normalized spacial score (nSPS) is 17.0. The monoisotopic (exact) mass is 564 g/mol. The molecular formula is C32H32N6O4. The number of aromatic nitrogens is 3. The van der Waals surface area contributed by atoms with Crippen molar-refractivity contribution in [3.63, 3.8) is 0 Å². The zero-order valence-corrected chi connectivity index (χ0v) is 23.6. The maximum Gasteiger partial charge on any atom is 0.229 e.